The molecule has 0 fully saturated rings. The van der Waals surface area contributed by atoms with Gasteiger partial charge in [-0.2, -0.15) is 0 Å². The van der Waals surface area contributed by atoms with E-state index in [1.165, 1.54) is 23.9 Å². The summed E-state index contributed by atoms with van der Waals surface area (Å²) in [5.41, 5.74) is 0.911. The van der Waals surface area contributed by atoms with Gasteiger partial charge in [-0.15, -0.1) is 11.8 Å². The molecule has 0 spiro atoms. The second-order valence-corrected chi connectivity index (χ2v) is 8.02. The fraction of sp³-hybridized carbons (Fsp3) is 0.300. The van der Waals surface area contributed by atoms with E-state index in [0.717, 1.165) is 16.5 Å². The maximum absolute atomic E-state index is 13.6. The van der Waals surface area contributed by atoms with Gasteiger partial charge in [0.2, 0.25) is 5.91 Å². The number of ether oxygens (including phenoxy) is 1. The van der Waals surface area contributed by atoms with Crippen molar-refractivity contribution in [3.63, 3.8) is 0 Å². The number of amides is 2. The first kappa shape index (κ1) is 20.8. The molecule has 2 N–H and O–H groups in total. The first-order valence-corrected chi connectivity index (χ1v) is 9.40. The van der Waals surface area contributed by atoms with Crippen molar-refractivity contribution >= 4 is 35.1 Å². The topological polar surface area (TPSA) is 67.4 Å². The van der Waals surface area contributed by atoms with E-state index in [-0.39, 0.29) is 23.0 Å². The fourth-order valence-corrected chi connectivity index (χ4v) is 2.81. The Morgan fingerprint density at radius 3 is 2.33 bits per heavy atom. The lowest BCUT2D eigenvalue weighted by atomic mass is 10.2. The normalized spacial score (nSPS) is 11.0. The Hall–Kier alpha value is -2.54. The van der Waals surface area contributed by atoms with Crippen molar-refractivity contribution in [1.29, 1.82) is 0 Å². The summed E-state index contributed by atoms with van der Waals surface area (Å²) in [6.45, 7) is 7.21. The monoisotopic (exact) mass is 390 g/mol. The number of nitrogens with one attached hydrogen (secondary N) is 2. The molecule has 0 aliphatic carbocycles. The number of anilines is 2. The highest BCUT2D eigenvalue weighted by atomic mass is 32.2. The Morgan fingerprint density at radius 1 is 1.04 bits per heavy atom. The van der Waals surface area contributed by atoms with Gasteiger partial charge in [-0.3, -0.25) is 10.1 Å². The Bertz CT molecular complexity index is 817. The summed E-state index contributed by atoms with van der Waals surface area (Å²) in [6.07, 6.45) is -0.682. The molecule has 0 aliphatic heterocycles. The summed E-state index contributed by atoms with van der Waals surface area (Å²) in [4.78, 5) is 25.1. The number of aryl methyl sites for hydroxylation is 1. The molecule has 0 unspecified atom stereocenters. The molecule has 0 atom stereocenters. The molecule has 0 saturated carbocycles. The average molecular weight is 390 g/mol. The highest BCUT2D eigenvalue weighted by Crippen LogP contribution is 2.25. The Balaban J connectivity index is 2.01. The minimum Gasteiger partial charge on any atom is -0.444 e. The maximum atomic E-state index is 13.6. The van der Waals surface area contributed by atoms with Gasteiger partial charge in [-0.05, 0) is 58.0 Å². The molecule has 2 rings (SSSR count). The van der Waals surface area contributed by atoms with Crippen LogP contribution in [0, 0.1) is 12.7 Å². The van der Waals surface area contributed by atoms with Crippen LogP contribution in [0.1, 0.15) is 26.3 Å². The first-order chi connectivity index (χ1) is 12.6. The van der Waals surface area contributed by atoms with Crippen molar-refractivity contribution in [3.05, 3.63) is 53.8 Å². The van der Waals surface area contributed by atoms with Gasteiger partial charge < -0.3 is 10.1 Å². The minimum atomic E-state index is -0.682. The SMILES string of the molecule is Cc1ccc(SCC(=O)Nc2cc(F)ccc2NC(=O)OC(C)(C)C)cc1. The molecule has 0 radical (unpaired) electrons. The molecule has 2 amide bonds. The number of halogens is 1. The molecule has 0 aliphatic rings. The van der Waals surface area contributed by atoms with Crippen LogP contribution in [0.3, 0.4) is 0 Å². The fourth-order valence-electron chi connectivity index (χ4n) is 2.11. The first-order valence-electron chi connectivity index (χ1n) is 8.41. The van der Waals surface area contributed by atoms with E-state index in [0.29, 0.717) is 0 Å². The van der Waals surface area contributed by atoms with Gasteiger partial charge in [0.25, 0.3) is 0 Å². The van der Waals surface area contributed by atoms with Crippen LogP contribution in [0.5, 0.6) is 0 Å². The summed E-state index contributed by atoms with van der Waals surface area (Å²) in [5, 5.41) is 5.16. The van der Waals surface area contributed by atoms with E-state index in [1.54, 1.807) is 20.8 Å². The van der Waals surface area contributed by atoms with E-state index in [4.69, 9.17) is 4.74 Å². The molecule has 27 heavy (non-hydrogen) atoms. The van der Waals surface area contributed by atoms with E-state index >= 15 is 0 Å². The van der Waals surface area contributed by atoms with Gasteiger partial charge in [-0.1, -0.05) is 17.7 Å². The lowest BCUT2D eigenvalue weighted by Gasteiger charge is -2.20. The van der Waals surface area contributed by atoms with Crippen molar-refractivity contribution in [3.8, 4) is 0 Å². The number of hydrogen-bond donors (Lipinski definition) is 2. The molecule has 5 nitrogen and oxygen atoms in total. The van der Waals surface area contributed by atoms with Gasteiger partial charge in [0.15, 0.2) is 0 Å². The Morgan fingerprint density at radius 2 is 1.70 bits per heavy atom. The van der Waals surface area contributed by atoms with Crippen LogP contribution >= 0.6 is 11.8 Å². The zero-order valence-electron chi connectivity index (χ0n) is 15.8. The molecular weight excluding hydrogens is 367 g/mol. The van der Waals surface area contributed by atoms with Crippen LogP contribution in [0.25, 0.3) is 0 Å². The molecule has 144 valence electrons. The van der Waals surface area contributed by atoms with E-state index in [2.05, 4.69) is 10.6 Å². The molecule has 0 bridgehead atoms. The van der Waals surface area contributed by atoms with Crippen LogP contribution < -0.4 is 10.6 Å². The van der Waals surface area contributed by atoms with Crippen LogP contribution in [0.2, 0.25) is 0 Å². The second-order valence-electron chi connectivity index (χ2n) is 6.97. The highest BCUT2D eigenvalue weighted by molar-refractivity contribution is 8.00. The zero-order chi connectivity index (χ0) is 20.0. The van der Waals surface area contributed by atoms with Gasteiger partial charge in [0.1, 0.15) is 11.4 Å². The van der Waals surface area contributed by atoms with Crippen LogP contribution in [-0.2, 0) is 9.53 Å². The molecular formula is C20H23FN2O3S. The van der Waals surface area contributed by atoms with Crippen molar-refractivity contribution in [1.82, 2.24) is 0 Å². The lowest BCUT2D eigenvalue weighted by Crippen LogP contribution is -2.27. The van der Waals surface area contributed by atoms with Gasteiger partial charge >= 0.3 is 6.09 Å². The predicted molar refractivity (Wildman–Crippen MR) is 107 cm³/mol. The Labute approximate surface area is 162 Å². The number of hydrogen-bond acceptors (Lipinski definition) is 4. The number of carbonyl (C=O) groups excluding carboxylic acids is 2. The minimum absolute atomic E-state index is 0.158. The standard InChI is InChI=1S/C20H23FN2O3S/c1-13-5-8-15(9-6-13)27-12-18(24)22-17-11-14(21)7-10-16(17)23-19(25)26-20(2,3)4/h5-11H,12H2,1-4H3,(H,22,24)(H,23,25). The summed E-state index contributed by atoms with van der Waals surface area (Å²) in [7, 11) is 0. The molecule has 0 heterocycles. The number of rotatable bonds is 5. The molecule has 0 saturated heterocycles. The van der Waals surface area contributed by atoms with Crippen molar-refractivity contribution < 1.29 is 18.7 Å². The summed E-state index contributed by atoms with van der Waals surface area (Å²) in [5.74, 6) is -0.671. The third-order valence-corrected chi connectivity index (χ3v) is 4.29. The van der Waals surface area contributed by atoms with E-state index in [1.807, 2.05) is 31.2 Å². The quantitative estimate of drug-likeness (QED) is 0.688. The highest BCUT2D eigenvalue weighted by Gasteiger charge is 2.18. The molecule has 7 heteroatoms. The lowest BCUT2D eigenvalue weighted by molar-refractivity contribution is -0.113. The maximum Gasteiger partial charge on any atom is 0.412 e. The predicted octanol–water partition coefficient (Wildman–Crippen LogP) is 5.21. The third-order valence-electron chi connectivity index (χ3n) is 3.28. The van der Waals surface area contributed by atoms with Crippen LogP contribution in [0.4, 0.5) is 20.6 Å². The second kappa shape index (κ2) is 8.90. The largest absolute Gasteiger partial charge is 0.444 e. The van der Waals surface area contributed by atoms with Gasteiger partial charge in [-0.25, -0.2) is 9.18 Å². The molecule has 2 aromatic rings. The van der Waals surface area contributed by atoms with E-state index < -0.39 is 17.5 Å². The van der Waals surface area contributed by atoms with Crippen molar-refractivity contribution in [2.45, 2.75) is 38.2 Å². The smallest absolute Gasteiger partial charge is 0.412 e. The van der Waals surface area contributed by atoms with Crippen LogP contribution in [0.15, 0.2) is 47.4 Å². The summed E-state index contributed by atoms with van der Waals surface area (Å²) < 4.78 is 18.8. The van der Waals surface area contributed by atoms with E-state index in [9.17, 15) is 14.0 Å². The number of carbonyl (C=O) groups is 2. The zero-order valence-corrected chi connectivity index (χ0v) is 16.6. The number of benzene rings is 2. The molecule has 0 aromatic heterocycles. The van der Waals surface area contributed by atoms with Crippen molar-refractivity contribution in [2.24, 2.45) is 0 Å². The van der Waals surface area contributed by atoms with Gasteiger partial charge in [0, 0.05) is 4.90 Å². The van der Waals surface area contributed by atoms with Crippen molar-refractivity contribution in [2.75, 3.05) is 16.4 Å². The molecule has 2 aromatic carbocycles. The Kier molecular flexibility index (Phi) is 6.85. The third kappa shape index (κ3) is 7.30. The van der Waals surface area contributed by atoms with Gasteiger partial charge in [0.05, 0.1) is 17.1 Å². The summed E-state index contributed by atoms with van der Waals surface area (Å²) in [6, 6.07) is 11.5. The average Bonchev–Trinajstić information content (AvgIpc) is 2.55. The summed E-state index contributed by atoms with van der Waals surface area (Å²) >= 11 is 1.37. The van der Waals surface area contributed by atoms with Crippen LogP contribution in [-0.4, -0.2) is 23.4 Å². The number of thioether (sulfide) groups is 1.